The summed E-state index contributed by atoms with van der Waals surface area (Å²) < 4.78 is 27.2. The van der Waals surface area contributed by atoms with E-state index in [1.165, 1.54) is 15.8 Å². The van der Waals surface area contributed by atoms with Crippen LogP contribution in [-0.2, 0) is 23.0 Å². The van der Waals surface area contributed by atoms with E-state index in [-0.39, 0.29) is 16.3 Å². The van der Waals surface area contributed by atoms with Crippen molar-refractivity contribution in [1.29, 1.82) is 0 Å². The molecule has 2 aromatic heterocycles. The Labute approximate surface area is 142 Å². The van der Waals surface area contributed by atoms with Gasteiger partial charge in [-0.25, -0.2) is 13.2 Å². The molecule has 24 heavy (non-hydrogen) atoms. The lowest BCUT2D eigenvalue weighted by atomic mass is 10.1. The highest BCUT2D eigenvalue weighted by Gasteiger charge is 2.33. The Bertz CT molecular complexity index is 1050. The first-order valence-corrected chi connectivity index (χ1v) is 9.70. The molecular formula is C16H14N2O4S2. The number of nitrogens with one attached hydrogen (secondary N) is 1. The first-order valence-electron chi connectivity index (χ1n) is 7.38. The van der Waals surface area contributed by atoms with Gasteiger partial charge in [-0.3, -0.25) is 0 Å². The van der Waals surface area contributed by atoms with Crippen LogP contribution < -0.4 is 0 Å². The van der Waals surface area contributed by atoms with Crippen LogP contribution in [0.5, 0.6) is 0 Å². The number of para-hydroxylation sites is 1. The molecule has 1 aromatic carbocycles. The van der Waals surface area contributed by atoms with Crippen LogP contribution in [0.15, 0.2) is 40.6 Å². The van der Waals surface area contributed by atoms with Crippen molar-refractivity contribution in [2.45, 2.75) is 17.9 Å². The molecule has 0 atom stereocenters. The molecule has 0 unspecified atom stereocenters. The number of aromatic carboxylic acids is 1. The number of H-pyrrole nitrogens is 1. The van der Waals surface area contributed by atoms with E-state index in [0.717, 1.165) is 33.5 Å². The van der Waals surface area contributed by atoms with E-state index in [2.05, 4.69) is 4.98 Å². The summed E-state index contributed by atoms with van der Waals surface area (Å²) in [5.74, 6) is -1.21. The van der Waals surface area contributed by atoms with Crippen molar-refractivity contribution in [3.05, 3.63) is 51.8 Å². The maximum Gasteiger partial charge on any atom is 0.347 e. The maximum absolute atomic E-state index is 12.9. The molecule has 0 bridgehead atoms. The molecule has 124 valence electrons. The Morgan fingerprint density at radius 1 is 1.25 bits per heavy atom. The Kier molecular flexibility index (Phi) is 3.48. The summed E-state index contributed by atoms with van der Waals surface area (Å²) in [7, 11) is -3.83. The summed E-state index contributed by atoms with van der Waals surface area (Å²) >= 11 is 0.927. The lowest BCUT2D eigenvalue weighted by Gasteiger charge is -2.26. The third-order valence-corrected chi connectivity index (χ3v) is 7.21. The molecule has 4 rings (SSSR count). The maximum atomic E-state index is 12.9. The molecule has 0 saturated heterocycles. The molecule has 3 aromatic rings. The lowest BCUT2D eigenvalue weighted by Crippen LogP contribution is -2.36. The van der Waals surface area contributed by atoms with Crippen LogP contribution in [0.4, 0.5) is 0 Å². The second-order valence-electron chi connectivity index (χ2n) is 5.64. The summed E-state index contributed by atoms with van der Waals surface area (Å²) in [4.78, 5) is 14.3. The van der Waals surface area contributed by atoms with E-state index in [4.69, 9.17) is 0 Å². The SMILES string of the molecule is O=C(O)c1sccc1S(=O)(=O)N1CCc2[nH]c3ccccc3c2C1. The number of rotatable bonds is 3. The van der Waals surface area contributed by atoms with Crippen molar-refractivity contribution in [2.75, 3.05) is 6.54 Å². The van der Waals surface area contributed by atoms with Gasteiger partial charge in [0, 0.05) is 36.1 Å². The fraction of sp³-hybridized carbons (Fsp3) is 0.188. The standard InChI is InChI=1S/C16H14N2O4S2/c19-16(20)15-14(6-8-23-15)24(21,22)18-7-5-13-11(9-18)10-3-1-2-4-12(10)17-13/h1-4,6,8,17H,5,7,9H2,(H,19,20). The molecular weight excluding hydrogens is 348 g/mol. The summed E-state index contributed by atoms with van der Waals surface area (Å²) in [5.41, 5.74) is 3.00. The van der Waals surface area contributed by atoms with Crippen molar-refractivity contribution >= 4 is 38.2 Å². The highest BCUT2D eigenvalue weighted by molar-refractivity contribution is 7.89. The van der Waals surface area contributed by atoms with Crippen LogP contribution in [0, 0.1) is 0 Å². The van der Waals surface area contributed by atoms with Gasteiger partial charge in [-0.15, -0.1) is 11.3 Å². The van der Waals surface area contributed by atoms with E-state index in [9.17, 15) is 18.3 Å². The van der Waals surface area contributed by atoms with Gasteiger partial charge >= 0.3 is 5.97 Å². The number of carboxylic acid groups (broad SMARTS) is 1. The highest BCUT2D eigenvalue weighted by atomic mass is 32.2. The Morgan fingerprint density at radius 2 is 2.04 bits per heavy atom. The van der Waals surface area contributed by atoms with Gasteiger partial charge in [-0.2, -0.15) is 4.31 Å². The molecule has 1 aliphatic heterocycles. The Morgan fingerprint density at radius 3 is 2.83 bits per heavy atom. The van der Waals surface area contributed by atoms with Gasteiger partial charge in [0.1, 0.15) is 9.77 Å². The zero-order valence-electron chi connectivity index (χ0n) is 12.5. The van der Waals surface area contributed by atoms with Crippen molar-refractivity contribution in [2.24, 2.45) is 0 Å². The smallest absolute Gasteiger partial charge is 0.347 e. The molecule has 0 saturated carbocycles. The van der Waals surface area contributed by atoms with Crippen LogP contribution >= 0.6 is 11.3 Å². The zero-order valence-corrected chi connectivity index (χ0v) is 14.2. The van der Waals surface area contributed by atoms with Gasteiger partial charge in [-0.05, 0) is 23.1 Å². The molecule has 8 heteroatoms. The van der Waals surface area contributed by atoms with Crippen molar-refractivity contribution < 1.29 is 18.3 Å². The number of nitrogens with zero attached hydrogens (tertiary/aromatic N) is 1. The number of sulfonamides is 1. The van der Waals surface area contributed by atoms with Gasteiger partial charge in [0.15, 0.2) is 0 Å². The minimum absolute atomic E-state index is 0.122. The van der Waals surface area contributed by atoms with Crippen LogP contribution in [0.1, 0.15) is 20.9 Å². The van der Waals surface area contributed by atoms with Gasteiger partial charge in [0.25, 0.3) is 0 Å². The average Bonchev–Trinajstić information content (AvgIpc) is 3.19. The fourth-order valence-corrected chi connectivity index (χ4v) is 5.78. The molecule has 3 heterocycles. The van der Waals surface area contributed by atoms with Gasteiger partial charge in [-0.1, -0.05) is 18.2 Å². The minimum Gasteiger partial charge on any atom is -0.477 e. The summed E-state index contributed by atoms with van der Waals surface area (Å²) in [6, 6.07) is 9.16. The molecule has 2 N–H and O–H groups in total. The van der Waals surface area contributed by atoms with Crippen molar-refractivity contribution in [3.8, 4) is 0 Å². The number of aromatic amines is 1. The summed E-state index contributed by atoms with van der Waals surface area (Å²) in [6.45, 7) is 0.577. The lowest BCUT2D eigenvalue weighted by molar-refractivity contribution is 0.0698. The first kappa shape index (κ1) is 15.4. The number of thiophene rings is 1. The Balaban J connectivity index is 1.76. The fourth-order valence-electron chi connectivity index (χ4n) is 3.14. The van der Waals surface area contributed by atoms with Crippen LogP contribution in [0.3, 0.4) is 0 Å². The molecule has 1 aliphatic rings. The summed E-state index contributed by atoms with van der Waals surface area (Å²) in [5, 5.41) is 11.7. The van der Waals surface area contributed by atoms with Gasteiger partial charge in [0.2, 0.25) is 10.0 Å². The number of hydrogen-bond donors (Lipinski definition) is 2. The monoisotopic (exact) mass is 362 g/mol. The van der Waals surface area contributed by atoms with Gasteiger partial charge in [0.05, 0.1) is 0 Å². The number of hydrogen-bond acceptors (Lipinski definition) is 4. The van der Waals surface area contributed by atoms with Crippen LogP contribution in [-0.4, -0.2) is 35.3 Å². The van der Waals surface area contributed by atoms with Crippen LogP contribution in [0.25, 0.3) is 10.9 Å². The predicted molar refractivity (Wildman–Crippen MR) is 90.9 cm³/mol. The number of fused-ring (bicyclic) bond motifs is 3. The van der Waals surface area contributed by atoms with E-state index in [1.54, 1.807) is 0 Å². The molecule has 6 nitrogen and oxygen atoms in total. The van der Waals surface area contributed by atoms with E-state index in [1.807, 2.05) is 24.3 Å². The molecule has 0 amide bonds. The zero-order chi connectivity index (χ0) is 16.9. The highest BCUT2D eigenvalue weighted by Crippen LogP contribution is 2.32. The summed E-state index contributed by atoms with van der Waals surface area (Å²) in [6.07, 6.45) is 0.579. The average molecular weight is 362 g/mol. The quantitative estimate of drug-likeness (QED) is 0.749. The molecule has 0 spiro atoms. The third kappa shape index (κ3) is 2.26. The van der Waals surface area contributed by atoms with E-state index in [0.29, 0.717) is 13.0 Å². The number of aromatic nitrogens is 1. The largest absolute Gasteiger partial charge is 0.477 e. The predicted octanol–water partition coefficient (Wildman–Crippen LogP) is 2.67. The number of benzene rings is 1. The molecule has 0 fully saturated rings. The third-order valence-electron chi connectivity index (χ3n) is 4.29. The van der Waals surface area contributed by atoms with Crippen molar-refractivity contribution in [1.82, 2.24) is 9.29 Å². The second-order valence-corrected chi connectivity index (χ2v) is 8.46. The van der Waals surface area contributed by atoms with Gasteiger partial charge < -0.3 is 10.1 Å². The van der Waals surface area contributed by atoms with Crippen LogP contribution in [0.2, 0.25) is 0 Å². The number of carboxylic acids is 1. The first-order chi connectivity index (χ1) is 11.5. The number of carbonyl (C=O) groups is 1. The molecule has 0 aliphatic carbocycles. The molecule has 0 radical (unpaired) electrons. The van der Waals surface area contributed by atoms with E-state index < -0.39 is 16.0 Å². The minimum atomic E-state index is -3.83. The topological polar surface area (TPSA) is 90.5 Å². The van der Waals surface area contributed by atoms with Crippen molar-refractivity contribution in [3.63, 3.8) is 0 Å². The normalized spacial score (nSPS) is 15.5. The second kappa shape index (κ2) is 5.44. The van der Waals surface area contributed by atoms with E-state index >= 15 is 0 Å². The Hall–Kier alpha value is -2.16.